The third-order valence-corrected chi connectivity index (χ3v) is 11.4. The molecule has 0 heterocycles. The molecule has 0 saturated carbocycles. The highest BCUT2D eigenvalue weighted by Gasteiger charge is 2.47. The molecule has 0 atom stereocenters. The van der Waals surface area contributed by atoms with Gasteiger partial charge in [-0.05, 0) is 111 Å². The summed E-state index contributed by atoms with van der Waals surface area (Å²) < 4.78 is 0. The van der Waals surface area contributed by atoms with E-state index in [9.17, 15) is 0 Å². The fourth-order valence-electron chi connectivity index (χ4n) is 8.97. The Morgan fingerprint density at radius 3 is 1.14 bits per heavy atom. The summed E-state index contributed by atoms with van der Waals surface area (Å²) in [6.45, 7) is 40.0. The summed E-state index contributed by atoms with van der Waals surface area (Å²) >= 11 is 0. The second-order valence-corrected chi connectivity index (χ2v) is 14.2. The van der Waals surface area contributed by atoms with Crippen molar-refractivity contribution >= 4 is 28.4 Å². The zero-order chi connectivity index (χ0) is 55.4. The molecule has 8 aromatic carbocycles. The van der Waals surface area contributed by atoms with Crippen LogP contribution in [0.25, 0.3) is 22.3 Å². The van der Waals surface area contributed by atoms with Gasteiger partial charge in [0.2, 0.25) is 0 Å². The number of fused-ring (bicyclic) bond motifs is 6. The van der Waals surface area contributed by atoms with Gasteiger partial charge in [0.25, 0.3) is 0 Å². The predicted octanol–water partition coefficient (Wildman–Crippen LogP) is 23.1. The van der Waals surface area contributed by atoms with Gasteiger partial charge in [-0.2, -0.15) is 0 Å². The summed E-state index contributed by atoms with van der Waals surface area (Å²) in [5.74, 6) is 0. The van der Waals surface area contributed by atoms with Crippen LogP contribution in [-0.2, 0) is 11.8 Å². The number of benzene rings is 8. The first kappa shape index (κ1) is 66.4. The van der Waals surface area contributed by atoms with E-state index in [1.54, 1.807) is 0 Å². The van der Waals surface area contributed by atoms with Crippen molar-refractivity contribution in [3.05, 3.63) is 234 Å². The van der Waals surface area contributed by atoms with Crippen LogP contribution in [0.5, 0.6) is 0 Å². The van der Waals surface area contributed by atoms with Crippen molar-refractivity contribution in [3.8, 4) is 22.3 Å². The third kappa shape index (κ3) is 15.0. The average molecular weight is 980 g/mol. The Kier molecular flexibility index (Phi) is 34.6. The van der Waals surface area contributed by atoms with Gasteiger partial charge in [-0.15, -0.1) is 0 Å². The molecule has 0 amide bonds. The van der Waals surface area contributed by atoms with Crippen LogP contribution in [0, 0.1) is 0 Å². The third-order valence-electron chi connectivity index (χ3n) is 11.4. The van der Waals surface area contributed by atoms with Crippen LogP contribution in [-0.4, -0.2) is 7.05 Å². The molecule has 0 saturated heterocycles. The van der Waals surface area contributed by atoms with Crippen LogP contribution in [0.15, 0.2) is 200 Å². The molecule has 0 bridgehead atoms. The summed E-state index contributed by atoms with van der Waals surface area (Å²) in [7, 11) is 2.16. The van der Waals surface area contributed by atoms with E-state index in [-0.39, 0.29) is 0 Å². The molecule has 73 heavy (non-hydrogen) atoms. The van der Waals surface area contributed by atoms with Crippen LogP contribution in [0.4, 0.5) is 28.4 Å². The number of para-hydroxylation sites is 2. The Bertz CT molecular complexity index is 2560. The molecule has 2 aliphatic carbocycles. The van der Waals surface area contributed by atoms with Gasteiger partial charge in [0.05, 0.1) is 11.1 Å². The first-order valence-electron chi connectivity index (χ1n) is 28.5. The molecule has 0 unspecified atom stereocenters. The quantitative estimate of drug-likeness (QED) is 0.157. The molecular weight excluding hydrogens is 881 g/mol. The van der Waals surface area contributed by atoms with Crippen molar-refractivity contribution in [2.24, 2.45) is 0 Å². The van der Waals surface area contributed by atoms with Gasteiger partial charge in [-0.25, -0.2) is 0 Å². The van der Waals surface area contributed by atoms with Crippen LogP contribution < -0.4 is 9.80 Å². The topological polar surface area (TPSA) is 6.48 Å². The number of rotatable bonds is 7. The molecule has 0 radical (unpaired) electrons. The molecular formula is C71H98N2. The number of anilines is 5. The van der Waals surface area contributed by atoms with Gasteiger partial charge in [-0.3, -0.25) is 0 Å². The van der Waals surface area contributed by atoms with Crippen molar-refractivity contribution in [1.29, 1.82) is 0 Å². The molecule has 0 fully saturated rings. The fraction of sp³-hybridized carbons (Fsp3) is 0.324. The van der Waals surface area contributed by atoms with Gasteiger partial charge in [-0.1, -0.05) is 284 Å². The number of hydrogen-bond acceptors (Lipinski definition) is 2. The minimum Gasteiger partial charge on any atom is -0.345 e. The molecule has 10 rings (SSSR count). The lowest BCUT2D eigenvalue weighted by atomic mass is 9.67. The SMILES string of the molecule is CC.CC.CC.CC.CC.CC.CC.CC.CC.CC.CN(c1ccccc1)c1ccc2c(c1)C(c1ccccc1)(c1ccccc1)c1cc(N(c3ccccc3)c3cccc4c3-c3ccccc3C4)ccc1-2. The van der Waals surface area contributed by atoms with Gasteiger partial charge in [0, 0.05) is 35.4 Å². The lowest BCUT2D eigenvalue weighted by Gasteiger charge is -2.35. The van der Waals surface area contributed by atoms with E-state index >= 15 is 0 Å². The summed E-state index contributed by atoms with van der Waals surface area (Å²) in [6, 6.07) is 73.6. The molecule has 0 aliphatic heterocycles. The molecule has 2 nitrogen and oxygen atoms in total. The van der Waals surface area contributed by atoms with Crippen molar-refractivity contribution < 1.29 is 0 Å². The predicted molar refractivity (Wildman–Crippen MR) is 335 cm³/mol. The van der Waals surface area contributed by atoms with Crippen LogP contribution in [0.1, 0.15) is 172 Å². The second kappa shape index (κ2) is 38.0. The van der Waals surface area contributed by atoms with Gasteiger partial charge in [0.1, 0.15) is 0 Å². The van der Waals surface area contributed by atoms with Gasteiger partial charge < -0.3 is 9.80 Å². The molecule has 8 aromatic rings. The Labute approximate surface area is 449 Å². The Morgan fingerprint density at radius 2 is 0.671 bits per heavy atom. The van der Waals surface area contributed by atoms with Crippen molar-refractivity contribution in [2.45, 2.75) is 150 Å². The Hall–Kier alpha value is -6.64. The Morgan fingerprint density at radius 1 is 0.301 bits per heavy atom. The van der Waals surface area contributed by atoms with E-state index in [1.807, 2.05) is 138 Å². The summed E-state index contributed by atoms with van der Waals surface area (Å²) in [4.78, 5) is 4.76. The standard InChI is InChI=1S/C51H38N2.10C2H6/c1-52(40-23-10-4-11-24-40)42-29-31-45-46-32-30-43(35-48(46)51(47(45)34-42,38-19-6-2-7-20-38)39-21-8-3-9-22-39)53(41-25-12-5-13-26-41)49-28-16-18-37-33-36-17-14-15-27-44(36)50(37)49;10*1-2/h2-32,34-35H,33H2,1H3;10*1-2H3. The normalized spacial score (nSPS) is 10.3. The zero-order valence-electron chi connectivity index (χ0n) is 49.7. The molecule has 392 valence electrons. The first-order valence-corrected chi connectivity index (χ1v) is 28.5. The summed E-state index contributed by atoms with van der Waals surface area (Å²) in [5.41, 5.74) is 18.3. The van der Waals surface area contributed by atoms with E-state index < -0.39 is 5.41 Å². The Balaban J connectivity index is 0.00000233. The molecule has 2 aliphatic rings. The fourth-order valence-corrected chi connectivity index (χ4v) is 8.97. The van der Waals surface area contributed by atoms with Crippen LogP contribution in [0.3, 0.4) is 0 Å². The molecule has 2 heteroatoms. The highest BCUT2D eigenvalue weighted by atomic mass is 15.1. The smallest absolute Gasteiger partial charge is 0.0715 e. The number of nitrogens with zero attached hydrogens (tertiary/aromatic N) is 2. The summed E-state index contributed by atoms with van der Waals surface area (Å²) in [6.07, 6.45) is 0.951. The van der Waals surface area contributed by atoms with Crippen molar-refractivity contribution in [3.63, 3.8) is 0 Å². The van der Waals surface area contributed by atoms with E-state index in [0.717, 1.165) is 29.2 Å². The van der Waals surface area contributed by atoms with E-state index in [2.05, 4.69) is 217 Å². The maximum absolute atomic E-state index is 2.48. The summed E-state index contributed by atoms with van der Waals surface area (Å²) in [5, 5.41) is 0. The maximum Gasteiger partial charge on any atom is 0.0715 e. The monoisotopic (exact) mass is 979 g/mol. The van der Waals surface area contributed by atoms with Gasteiger partial charge >= 0.3 is 0 Å². The second-order valence-electron chi connectivity index (χ2n) is 14.2. The van der Waals surface area contributed by atoms with Gasteiger partial charge in [0.15, 0.2) is 0 Å². The van der Waals surface area contributed by atoms with E-state index in [4.69, 9.17) is 0 Å². The number of hydrogen-bond donors (Lipinski definition) is 0. The zero-order valence-corrected chi connectivity index (χ0v) is 49.7. The minimum absolute atomic E-state index is 0.551. The first-order chi connectivity index (χ1) is 36.2. The van der Waals surface area contributed by atoms with Crippen molar-refractivity contribution in [2.75, 3.05) is 16.8 Å². The highest BCUT2D eigenvalue weighted by Crippen LogP contribution is 2.58. The van der Waals surface area contributed by atoms with Crippen LogP contribution >= 0.6 is 0 Å². The average Bonchev–Trinajstić information content (AvgIpc) is 4.05. The van der Waals surface area contributed by atoms with E-state index in [1.165, 1.54) is 61.3 Å². The largest absolute Gasteiger partial charge is 0.345 e. The lowest BCUT2D eigenvalue weighted by Crippen LogP contribution is -2.29. The van der Waals surface area contributed by atoms with Crippen molar-refractivity contribution in [1.82, 2.24) is 0 Å². The van der Waals surface area contributed by atoms with E-state index in [0.29, 0.717) is 0 Å². The highest BCUT2D eigenvalue weighted by molar-refractivity contribution is 5.95. The minimum atomic E-state index is -0.551. The lowest BCUT2D eigenvalue weighted by molar-refractivity contribution is 0.768. The maximum atomic E-state index is 2.48. The molecule has 0 spiro atoms. The van der Waals surface area contributed by atoms with Crippen LogP contribution in [0.2, 0.25) is 0 Å². The molecule has 0 aromatic heterocycles. The molecule has 0 N–H and O–H groups in total.